The summed E-state index contributed by atoms with van der Waals surface area (Å²) in [5, 5.41) is 5.84. The van der Waals surface area contributed by atoms with E-state index in [9.17, 15) is 9.59 Å². The van der Waals surface area contributed by atoms with Crippen LogP contribution in [0.4, 0.5) is 0 Å². The highest BCUT2D eigenvalue weighted by Gasteiger charge is 2.14. The number of carbonyl (C=O) groups is 2. The van der Waals surface area contributed by atoms with Gasteiger partial charge in [-0.3, -0.25) is 9.59 Å². The summed E-state index contributed by atoms with van der Waals surface area (Å²) in [6, 6.07) is 24.8. The van der Waals surface area contributed by atoms with Crippen LogP contribution >= 0.6 is 0 Å². The number of nitrogens with one attached hydrogen (secondary N) is 2. The minimum Gasteiger partial charge on any atom is -0.348 e. The topological polar surface area (TPSA) is 58.2 Å². The van der Waals surface area contributed by atoms with Crippen molar-refractivity contribution in [2.24, 2.45) is 0 Å². The maximum atomic E-state index is 12.4. The molecule has 4 nitrogen and oxygen atoms in total. The van der Waals surface area contributed by atoms with Crippen LogP contribution in [0.2, 0.25) is 0 Å². The van der Waals surface area contributed by atoms with E-state index >= 15 is 0 Å². The van der Waals surface area contributed by atoms with Gasteiger partial charge < -0.3 is 10.6 Å². The molecule has 0 atom stereocenters. The normalized spacial score (nSPS) is 11.0. The Morgan fingerprint density at radius 1 is 0.633 bits per heavy atom. The van der Waals surface area contributed by atoms with E-state index < -0.39 is 0 Å². The lowest BCUT2D eigenvalue weighted by Crippen LogP contribution is -2.24. The lowest BCUT2D eigenvalue weighted by Gasteiger charge is -2.19. The Morgan fingerprint density at radius 2 is 1.07 bits per heavy atom. The Bertz CT molecular complexity index is 986. The van der Waals surface area contributed by atoms with Crippen LogP contribution in [0.1, 0.15) is 58.2 Å². The predicted molar refractivity (Wildman–Crippen MR) is 120 cm³/mol. The standard InChI is InChI=1S/C26H28N2O2/c1-26(2,3)23-15-13-22(14-16-23)25(30)28-18-20-9-11-21(12-10-20)24(29)27-17-19-7-5-4-6-8-19/h4-16H,17-18H2,1-3H3,(H,27,29)(H,28,30). The van der Waals surface area contributed by atoms with E-state index in [1.165, 1.54) is 5.56 Å². The summed E-state index contributed by atoms with van der Waals surface area (Å²) in [4.78, 5) is 24.7. The Labute approximate surface area is 178 Å². The monoisotopic (exact) mass is 400 g/mol. The van der Waals surface area contributed by atoms with Crippen molar-refractivity contribution in [3.63, 3.8) is 0 Å². The van der Waals surface area contributed by atoms with Crippen molar-refractivity contribution in [1.82, 2.24) is 10.6 Å². The van der Waals surface area contributed by atoms with Gasteiger partial charge in [-0.15, -0.1) is 0 Å². The molecule has 4 heteroatoms. The van der Waals surface area contributed by atoms with E-state index in [1.54, 1.807) is 12.1 Å². The summed E-state index contributed by atoms with van der Waals surface area (Å²) in [5.41, 5.74) is 4.48. The first-order valence-electron chi connectivity index (χ1n) is 10.1. The summed E-state index contributed by atoms with van der Waals surface area (Å²) in [7, 11) is 0. The van der Waals surface area contributed by atoms with Gasteiger partial charge in [0.25, 0.3) is 11.8 Å². The number of hydrogen-bond donors (Lipinski definition) is 2. The van der Waals surface area contributed by atoms with Crippen LogP contribution in [0.3, 0.4) is 0 Å². The Balaban J connectivity index is 1.51. The first kappa shape index (κ1) is 21.3. The largest absolute Gasteiger partial charge is 0.348 e. The molecular formula is C26H28N2O2. The molecule has 0 aliphatic carbocycles. The van der Waals surface area contributed by atoms with Gasteiger partial charge in [0.2, 0.25) is 0 Å². The fourth-order valence-electron chi connectivity index (χ4n) is 3.06. The zero-order chi connectivity index (χ0) is 21.6. The third kappa shape index (κ3) is 5.80. The van der Waals surface area contributed by atoms with Crippen molar-refractivity contribution in [2.75, 3.05) is 0 Å². The van der Waals surface area contributed by atoms with Crippen LogP contribution in [0.5, 0.6) is 0 Å². The molecule has 0 unspecified atom stereocenters. The highest BCUT2D eigenvalue weighted by molar-refractivity contribution is 5.95. The summed E-state index contributed by atoms with van der Waals surface area (Å²) >= 11 is 0. The second-order valence-electron chi connectivity index (χ2n) is 8.38. The van der Waals surface area contributed by atoms with Crippen molar-refractivity contribution >= 4 is 11.8 Å². The first-order chi connectivity index (χ1) is 14.3. The molecule has 3 aromatic rings. The molecule has 3 aromatic carbocycles. The number of benzene rings is 3. The molecule has 0 aliphatic heterocycles. The second-order valence-corrected chi connectivity index (χ2v) is 8.38. The van der Waals surface area contributed by atoms with E-state index in [2.05, 4.69) is 31.4 Å². The van der Waals surface area contributed by atoms with Gasteiger partial charge in [-0.2, -0.15) is 0 Å². The van der Waals surface area contributed by atoms with Gasteiger partial charge in [0.1, 0.15) is 0 Å². The predicted octanol–water partition coefficient (Wildman–Crippen LogP) is 4.84. The van der Waals surface area contributed by atoms with Crippen molar-refractivity contribution < 1.29 is 9.59 Å². The summed E-state index contributed by atoms with van der Waals surface area (Å²) < 4.78 is 0. The molecule has 0 bridgehead atoms. The second kappa shape index (κ2) is 9.40. The van der Waals surface area contributed by atoms with Gasteiger partial charge in [-0.05, 0) is 46.4 Å². The molecule has 154 valence electrons. The van der Waals surface area contributed by atoms with Crippen molar-refractivity contribution in [3.05, 3.63) is 107 Å². The first-order valence-corrected chi connectivity index (χ1v) is 10.1. The SMILES string of the molecule is CC(C)(C)c1ccc(C(=O)NCc2ccc(C(=O)NCc3ccccc3)cc2)cc1. The van der Waals surface area contributed by atoms with Gasteiger partial charge in [-0.1, -0.05) is 75.4 Å². The molecule has 0 aromatic heterocycles. The average molecular weight is 401 g/mol. The van der Waals surface area contributed by atoms with Gasteiger partial charge in [0.15, 0.2) is 0 Å². The molecule has 2 N–H and O–H groups in total. The van der Waals surface area contributed by atoms with E-state index in [4.69, 9.17) is 0 Å². The van der Waals surface area contributed by atoms with Crippen molar-refractivity contribution in [3.8, 4) is 0 Å². The van der Waals surface area contributed by atoms with E-state index in [0.29, 0.717) is 24.2 Å². The fraction of sp³-hybridized carbons (Fsp3) is 0.231. The van der Waals surface area contributed by atoms with Crippen LogP contribution in [0, 0.1) is 0 Å². The van der Waals surface area contributed by atoms with Crippen LogP contribution in [0.25, 0.3) is 0 Å². The molecule has 0 fully saturated rings. The highest BCUT2D eigenvalue weighted by Crippen LogP contribution is 2.22. The van der Waals surface area contributed by atoms with E-state index in [0.717, 1.165) is 11.1 Å². The minimum atomic E-state index is -0.117. The van der Waals surface area contributed by atoms with Gasteiger partial charge in [0, 0.05) is 24.2 Å². The summed E-state index contributed by atoms with van der Waals surface area (Å²) in [6.45, 7) is 7.34. The number of hydrogen-bond acceptors (Lipinski definition) is 2. The van der Waals surface area contributed by atoms with Crippen LogP contribution in [-0.2, 0) is 18.5 Å². The summed E-state index contributed by atoms with van der Waals surface area (Å²) in [6.07, 6.45) is 0. The molecule has 2 amide bonds. The van der Waals surface area contributed by atoms with Gasteiger partial charge >= 0.3 is 0 Å². The molecule has 30 heavy (non-hydrogen) atoms. The minimum absolute atomic E-state index is 0.0597. The molecule has 0 spiro atoms. The van der Waals surface area contributed by atoms with Crippen molar-refractivity contribution in [2.45, 2.75) is 39.3 Å². The lowest BCUT2D eigenvalue weighted by atomic mass is 9.87. The number of rotatable bonds is 6. The molecule has 0 aliphatic rings. The fourth-order valence-corrected chi connectivity index (χ4v) is 3.06. The Hall–Kier alpha value is -3.40. The quantitative estimate of drug-likeness (QED) is 0.622. The molecule has 0 heterocycles. The maximum Gasteiger partial charge on any atom is 0.251 e. The maximum absolute atomic E-state index is 12.4. The molecule has 0 radical (unpaired) electrons. The number of carbonyl (C=O) groups excluding carboxylic acids is 2. The third-order valence-electron chi connectivity index (χ3n) is 4.98. The van der Waals surface area contributed by atoms with Gasteiger partial charge in [-0.25, -0.2) is 0 Å². The third-order valence-corrected chi connectivity index (χ3v) is 4.98. The van der Waals surface area contributed by atoms with Crippen molar-refractivity contribution in [1.29, 1.82) is 0 Å². The smallest absolute Gasteiger partial charge is 0.251 e. The van der Waals surface area contributed by atoms with Crippen LogP contribution in [-0.4, -0.2) is 11.8 Å². The van der Waals surface area contributed by atoms with E-state index in [-0.39, 0.29) is 17.2 Å². The van der Waals surface area contributed by atoms with Gasteiger partial charge in [0.05, 0.1) is 0 Å². The molecular weight excluding hydrogens is 372 g/mol. The summed E-state index contributed by atoms with van der Waals surface area (Å²) in [5.74, 6) is -0.228. The zero-order valence-corrected chi connectivity index (χ0v) is 17.7. The molecule has 0 saturated heterocycles. The Kier molecular flexibility index (Phi) is 6.68. The number of amides is 2. The average Bonchev–Trinajstić information content (AvgIpc) is 2.76. The highest BCUT2D eigenvalue weighted by atomic mass is 16.2. The zero-order valence-electron chi connectivity index (χ0n) is 17.7. The lowest BCUT2D eigenvalue weighted by molar-refractivity contribution is 0.0941. The van der Waals surface area contributed by atoms with Crippen LogP contribution in [0.15, 0.2) is 78.9 Å². The molecule has 3 rings (SSSR count). The van der Waals surface area contributed by atoms with Crippen LogP contribution < -0.4 is 10.6 Å². The Morgan fingerprint density at radius 3 is 1.53 bits per heavy atom. The molecule has 0 saturated carbocycles. The van der Waals surface area contributed by atoms with E-state index in [1.807, 2.05) is 66.7 Å².